The molecule has 1 amide bonds. The summed E-state index contributed by atoms with van der Waals surface area (Å²) in [5, 5.41) is 11.0. The van der Waals surface area contributed by atoms with Gasteiger partial charge in [-0.15, -0.1) is 11.8 Å². The number of hydrogen-bond acceptors (Lipinski definition) is 7. The lowest BCUT2D eigenvalue weighted by Gasteiger charge is -2.50. The molecule has 2 heterocycles. The fourth-order valence-corrected chi connectivity index (χ4v) is 7.63. The van der Waals surface area contributed by atoms with E-state index in [1.54, 1.807) is 28.8 Å². The summed E-state index contributed by atoms with van der Waals surface area (Å²) in [7, 11) is -2.11. The first kappa shape index (κ1) is 30.0. The van der Waals surface area contributed by atoms with Gasteiger partial charge in [-0.1, -0.05) is 45.9 Å². The van der Waals surface area contributed by atoms with Crippen LogP contribution in [-0.4, -0.2) is 47.9 Å². The molecule has 4 atom stereocenters. The van der Waals surface area contributed by atoms with Crippen LogP contribution < -0.4 is 0 Å². The largest absolute Gasteiger partial charge is 0.456 e. The standard InChI is InChI=1S/C30H38N2O6SSi/c1-19-24(18-39-23-11-9-8-10-12-23)27(29(34)37-17-21-13-15-22(16-14-21)32(35)36)31-26(19)25(28(31)33)20(2)38-40(6,7)30(3,4)5/h8-16,19-20,25-26H,17-18H2,1-7H3/t19-,20+,25+,26+/m0/s1. The molecule has 0 aromatic heterocycles. The van der Waals surface area contributed by atoms with Crippen LogP contribution in [0.2, 0.25) is 18.1 Å². The molecule has 40 heavy (non-hydrogen) atoms. The minimum Gasteiger partial charge on any atom is -0.456 e. The number of amides is 1. The third kappa shape index (κ3) is 5.89. The van der Waals surface area contributed by atoms with Crippen LogP contribution in [0.5, 0.6) is 0 Å². The number of thioether (sulfide) groups is 1. The monoisotopic (exact) mass is 582 g/mol. The molecule has 0 radical (unpaired) electrons. The maximum atomic E-state index is 13.6. The fourth-order valence-electron chi connectivity index (χ4n) is 5.13. The van der Waals surface area contributed by atoms with Gasteiger partial charge in [0.05, 0.1) is 23.0 Å². The number of carbonyl (C=O) groups excluding carboxylic acids is 2. The lowest BCUT2D eigenvalue weighted by molar-refractivity contribution is -0.384. The molecule has 0 saturated carbocycles. The molecule has 0 aliphatic carbocycles. The number of hydrogen-bond donors (Lipinski definition) is 0. The number of nitro benzene ring substituents is 1. The van der Waals surface area contributed by atoms with Crippen LogP contribution >= 0.6 is 11.8 Å². The van der Waals surface area contributed by atoms with E-state index in [4.69, 9.17) is 9.16 Å². The topological polar surface area (TPSA) is 99.0 Å². The van der Waals surface area contributed by atoms with Crippen LogP contribution in [0, 0.1) is 22.0 Å². The average molecular weight is 583 g/mol. The fraction of sp³-hybridized carbons (Fsp3) is 0.467. The third-order valence-corrected chi connectivity index (χ3v) is 14.1. The Morgan fingerprint density at radius 1 is 1.12 bits per heavy atom. The maximum absolute atomic E-state index is 13.6. The van der Waals surface area contributed by atoms with E-state index >= 15 is 0 Å². The first-order chi connectivity index (χ1) is 18.7. The van der Waals surface area contributed by atoms with Gasteiger partial charge in [-0.05, 0) is 60.5 Å². The molecule has 0 N–H and O–H groups in total. The lowest BCUT2D eigenvalue weighted by atomic mass is 9.78. The predicted molar refractivity (Wildman–Crippen MR) is 158 cm³/mol. The molecule has 10 heteroatoms. The van der Waals surface area contributed by atoms with Crippen molar-refractivity contribution in [3.63, 3.8) is 0 Å². The molecule has 0 unspecified atom stereocenters. The minimum absolute atomic E-state index is 0.0115. The second kappa shape index (κ2) is 11.5. The molecule has 214 valence electrons. The van der Waals surface area contributed by atoms with Gasteiger partial charge in [0.15, 0.2) is 8.32 Å². The highest BCUT2D eigenvalue weighted by Gasteiger charge is 2.61. The van der Waals surface area contributed by atoms with Crippen LogP contribution in [-0.2, 0) is 25.4 Å². The maximum Gasteiger partial charge on any atom is 0.355 e. The van der Waals surface area contributed by atoms with Crippen molar-refractivity contribution in [1.29, 1.82) is 0 Å². The summed E-state index contributed by atoms with van der Waals surface area (Å²) >= 11 is 1.63. The van der Waals surface area contributed by atoms with Gasteiger partial charge in [-0.2, -0.15) is 0 Å². The Hall–Kier alpha value is -2.95. The van der Waals surface area contributed by atoms with E-state index < -0.39 is 19.2 Å². The van der Waals surface area contributed by atoms with Crippen molar-refractivity contribution in [1.82, 2.24) is 4.90 Å². The highest BCUT2D eigenvalue weighted by molar-refractivity contribution is 7.99. The number of fused-ring (bicyclic) bond motifs is 1. The van der Waals surface area contributed by atoms with E-state index in [2.05, 4.69) is 40.8 Å². The average Bonchev–Trinajstić information content (AvgIpc) is 3.13. The molecular formula is C30H38N2O6SSi. The molecule has 0 bridgehead atoms. The molecule has 4 rings (SSSR count). The van der Waals surface area contributed by atoms with Gasteiger partial charge in [-0.3, -0.25) is 14.9 Å². The first-order valence-corrected chi connectivity index (χ1v) is 17.4. The summed E-state index contributed by atoms with van der Waals surface area (Å²) in [5.41, 5.74) is 1.81. The highest BCUT2D eigenvalue weighted by Crippen LogP contribution is 2.50. The van der Waals surface area contributed by atoms with Crippen molar-refractivity contribution in [2.24, 2.45) is 11.8 Å². The van der Waals surface area contributed by atoms with Crippen molar-refractivity contribution in [2.45, 2.75) is 76.4 Å². The molecule has 1 fully saturated rings. The normalized spacial score (nSPS) is 21.6. The minimum atomic E-state index is -2.11. The number of nitrogens with zero attached hydrogens (tertiary/aromatic N) is 2. The number of carbonyl (C=O) groups is 2. The Kier molecular flexibility index (Phi) is 8.63. The summed E-state index contributed by atoms with van der Waals surface area (Å²) in [5.74, 6) is -0.476. The van der Waals surface area contributed by atoms with Gasteiger partial charge < -0.3 is 14.1 Å². The van der Waals surface area contributed by atoms with Crippen molar-refractivity contribution >= 4 is 37.6 Å². The van der Waals surface area contributed by atoms with Gasteiger partial charge in [0, 0.05) is 28.7 Å². The van der Waals surface area contributed by atoms with Crippen molar-refractivity contribution < 1.29 is 23.7 Å². The summed E-state index contributed by atoms with van der Waals surface area (Å²) in [4.78, 5) is 40.3. The Bertz CT molecular complexity index is 1310. The SMILES string of the molecule is C[C@@H](O[Si](C)(C)C(C)(C)C)[C@H]1C(=O)N2C(C(=O)OCc3ccc([N+](=O)[O-])cc3)=C(CSc3ccccc3)[C@H](C)[C@H]12. The second-order valence-corrected chi connectivity index (χ2v) is 17.9. The molecule has 2 aliphatic heterocycles. The number of ether oxygens (including phenoxy) is 1. The zero-order valence-electron chi connectivity index (χ0n) is 24.2. The Morgan fingerprint density at radius 3 is 2.33 bits per heavy atom. The molecular weight excluding hydrogens is 544 g/mol. The van der Waals surface area contributed by atoms with Crippen molar-refractivity contribution in [3.8, 4) is 0 Å². The number of benzene rings is 2. The van der Waals surface area contributed by atoms with E-state index in [-0.39, 0.29) is 47.2 Å². The van der Waals surface area contributed by atoms with Crippen molar-refractivity contribution in [2.75, 3.05) is 5.75 Å². The smallest absolute Gasteiger partial charge is 0.355 e. The van der Waals surface area contributed by atoms with E-state index in [0.29, 0.717) is 17.0 Å². The zero-order valence-corrected chi connectivity index (χ0v) is 26.0. The van der Waals surface area contributed by atoms with Crippen LogP contribution in [0.15, 0.2) is 70.8 Å². The quantitative estimate of drug-likeness (QED) is 0.0780. The number of β-lactam (4-membered cyclic amide) rings is 1. The first-order valence-electron chi connectivity index (χ1n) is 13.5. The Balaban J connectivity index is 1.56. The van der Waals surface area contributed by atoms with Crippen LogP contribution in [0.3, 0.4) is 0 Å². The van der Waals surface area contributed by atoms with Gasteiger partial charge in [0.25, 0.3) is 5.69 Å². The van der Waals surface area contributed by atoms with Gasteiger partial charge >= 0.3 is 5.97 Å². The molecule has 0 spiro atoms. The van der Waals surface area contributed by atoms with E-state index in [0.717, 1.165) is 10.5 Å². The molecule has 2 aliphatic rings. The summed E-state index contributed by atoms with van der Waals surface area (Å²) in [6, 6.07) is 15.7. The Morgan fingerprint density at radius 2 is 1.75 bits per heavy atom. The molecule has 1 saturated heterocycles. The van der Waals surface area contributed by atoms with Gasteiger partial charge in [0.2, 0.25) is 5.91 Å². The second-order valence-electron chi connectivity index (χ2n) is 12.1. The van der Waals surface area contributed by atoms with Crippen molar-refractivity contribution in [3.05, 3.63) is 81.5 Å². The Labute approximate surface area is 241 Å². The number of esters is 1. The molecule has 2 aromatic carbocycles. The van der Waals surface area contributed by atoms with Crippen LogP contribution in [0.4, 0.5) is 5.69 Å². The number of nitro groups is 1. The highest BCUT2D eigenvalue weighted by atomic mass is 32.2. The zero-order chi connectivity index (χ0) is 29.4. The molecule has 2 aromatic rings. The van der Waals surface area contributed by atoms with E-state index in [1.165, 1.54) is 12.1 Å². The van der Waals surface area contributed by atoms with Gasteiger partial charge in [0.1, 0.15) is 12.3 Å². The number of rotatable bonds is 10. The summed E-state index contributed by atoms with van der Waals surface area (Å²) in [6.45, 7) is 14.9. The summed E-state index contributed by atoms with van der Waals surface area (Å²) in [6.07, 6.45) is -0.268. The molecule has 8 nitrogen and oxygen atoms in total. The number of non-ortho nitro benzene ring substituents is 1. The van der Waals surface area contributed by atoms with E-state index in [1.807, 2.05) is 37.3 Å². The van der Waals surface area contributed by atoms with E-state index in [9.17, 15) is 19.7 Å². The van der Waals surface area contributed by atoms with Crippen LogP contribution in [0.25, 0.3) is 0 Å². The lowest BCUT2D eigenvalue weighted by Crippen LogP contribution is -2.65. The summed E-state index contributed by atoms with van der Waals surface area (Å²) < 4.78 is 12.3. The van der Waals surface area contributed by atoms with Crippen LogP contribution in [0.1, 0.15) is 40.2 Å². The third-order valence-electron chi connectivity index (χ3n) is 8.44. The predicted octanol–water partition coefficient (Wildman–Crippen LogP) is 6.57. The van der Waals surface area contributed by atoms with Gasteiger partial charge in [-0.25, -0.2) is 4.79 Å².